The van der Waals surface area contributed by atoms with Crippen LogP contribution in [0.1, 0.15) is 6.42 Å². The van der Waals surface area contributed by atoms with E-state index in [4.69, 9.17) is 33.3 Å². The van der Waals surface area contributed by atoms with Crippen LogP contribution in [-0.4, -0.2) is 57.2 Å². The zero-order chi connectivity index (χ0) is 20.2. The monoisotopic (exact) mass is 382 g/mol. The molecule has 2 atom stereocenters. The van der Waals surface area contributed by atoms with E-state index in [-0.39, 0.29) is 6.61 Å². The molecule has 0 amide bonds. The van der Waals surface area contributed by atoms with Gasteiger partial charge in [-0.15, -0.1) is 19.3 Å². The molecule has 9 heteroatoms. The standard InChI is InChI=1S/C17H19O8P/c1-6-9-22-14(18)12-13(16(19)23-10-7-2)15(25-26(4,5)21)17(20)24-11-8-3/h1-3,13,15H,9-12H2,4-5H3. The Labute approximate surface area is 152 Å². The molecule has 0 aliphatic heterocycles. The first-order chi connectivity index (χ1) is 12.2. The van der Waals surface area contributed by atoms with E-state index in [1.165, 1.54) is 13.3 Å². The molecular weight excluding hydrogens is 363 g/mol. The third kappa shape index (κ3) is 9.55. The second-order valence-corrected chi connectivity index (χ2v) is 7.79. The van der Waals surface area contributed by atoms with Crippen LogP contribution < -0.4 is 0 Å². The van der Waals surface area contributed by atoms with Gasteiger partial charge in [-0.3, -0.25) is 14.2 Å². The van der Waals surface area contributed by atoms with Crippen molar-refractivity contribution in [3.05, 3.63) is 0 Å². The molecule has 8 nitrogen and oxygen atoms in total. The lowest BCUT2D eigenvalue weighted by Gasteiger charge is -2.25. The zero-order valence-corrected chi connectivity index (χ0v) is 15.3. The summed E-state index contributed by atoms with van der Waals surface area (Å²) < 4.78 is 31.4. The minimum atomic E-state index is -3.28. The van der Waals surface area contributed by atoms with Crippen molar-refractivity contribution < 1.29 is 37.7 Å². The van der Waals surface area contributed by atoms with Crippen molar-refractivity contribution in [1.82, 2.24) is 0 Å². The number of carbonyl (C=O) groups excluding carboxylic acids is 3. The number of hydrogen-bond donors (Lipinski definition) is 0. The lowest BCUT2D eigenvalue weighted by atomic mass is 9.98. The number of rotatable bonds is 10. The van der Waals surface area contributed by atoms with E-state index in [0.29, 0.717) is 0 Å². The van der Waals surface area contributed by atoms with Crippen LogP contribution in [0.4, 0.5) is 0 Å². The maximum Gasteiger partial charge on any atom is 0.337 e. The van der Waals surface area contributed by atoms with E-state index in [0.717, 1.165) is 0 Å². The van der Waals surface area contributed by atoms with Crippen LogP contribution in [0.2, 0.25) is 0 Å². The largest absolute Gasteiger partial charge is 0.452 e. The van der Waals surface area contributed by atoms with Crippen LogP contribution in [-0.2, 0) is 37.7 Å². The summed E-state index contributed by atoms with van der Waals surface area (Å²) in [6.45, 7) is 1.28. The highest BCUT2D eigenvalue weighted by molar-refractivity contribution is 7.57. The van der Waals surface area contributed by atoms with Crippen molar-refractivity contribution in [3.63, 3.8) is 0 Å². The molecule has 0 rings (SSSR count). The third-order valence-corrected chi connectivity index (χ3v) is 3.30. The van der Waals surface area contributed by atoms with E-state index in [1.807, 2.05) is 0 Å². The molecule has 0 aromatic carbocycles. The number of ether oxygens (including phenoxy) is 3. The number of carbonyl (C=O) groups is 3. The van der Waals surface area contributed by atoms with E-state index in [1.54, 1.807) is 0 Å². The fourth-order valence-electron chi connectivity index (χ4n) is 1.64. The quantitative estimate of drug-likeness (QED) is 0.232. The Balaban J connectivity index is 5.62. The van der Waals surface area contributed by atoms with Gasteiger partial charge in [-0.05, 0) is 0 Å². The molecule has 0 heterocycles. The van der Waals surface area contributed by atoms with E-state index in [9.17, 15) is 18.9 Å². The molecule has 140 valence electrons. The highest BCUT2D eigenvalue weighted by Gasteiger charge is 2.41. The Bertz CT molecular complexity index is 685. The van der Waals surface area contributed by atoms with Crippen LogP contribution in [0.5, 0.6) is 0 Å². The average Bonchev–Trinajstić information content (AvgIpc) is 2.57. The van der Waals surface area contributed by atoms with Crippen LogP contribution in [0.25, 0.3) is 0 Å². The first kappa shape index (κ1) is 23.3. The minimum absolute atomic E-state index is 0.335. The van der Waals surface area contributed by atoms with Gasteiger partial charge in [0.2, 0.25) is 0 Å². The lowest BCUT2D eigenvalue weighted by molar-refractivity contribution is -0.166. The summed E-state index contributed by atoms with van der Waals surface area (Å²) >= 11 is 0. The summed E-state index contributed by atoms with van der Waals surface area (Å²) in [4.78, 5) is 36.3. The molecule has 26 heavy (non-hydrogen) atoms. The second-order valence-electron chi connectivity index (χ2n) is 5.08. The molecule has 0 saturated heterocycles. The van der Waals surface area contributed by atoms with Crippen LogP contribution >= 0.6 is 7.37 Å². The number of hydrogen-bond acceptors (Lipinski definition) is 8. The third-order valence-electron chi connectivity index (χ3n) is 2.57. The Morgan fingerprint density at radius 2 is 1.35 bits per heavy atom. The summed E-state index contributed by atoms with van der Waals surface area (Å²) in [5, 5.41) is 0. The molecule has 0 spiro atoms. The molecule has 2 unspecified atom stereocenters. The van der Waals surface area contributed by atoms with Crippen LogP contribution in [0.15, 0.2) is 0 Å². The zero-order valence-electron chi connectivity index (χ0n) is 14.4. The van der Waals surface area contributed by atoms with Gasteiger partial charge in [-0.1, -0.05) is 17.8 Å². The topological polar surface area (TPSA) is 105 Å². The predicted octanol–water partition coefficient (Wildman–Crippen LogP) is 0.445. The van der Waals surface area contributed by atoms with Crippen molar-refractivity contribution in [3.8, 4) is 37.0 Å². The first-order valence-electron chi connectivity index (χ1n) is 7.19. The molecule has 0 bridgehead atoms. The average molecular weight is 382 g/mol. The van der Waals surface area contributed by atoms with Gasteiger partial charge in [0.15, 0.2) is 33.3 Å². The second kappa shape index (κ2) is 11.8. The van der Waals surface area contributed by atoms with Gasteiger partial charge in [0.1, 0.15) is 5.92 Å². The highest BCUT2D eigenvalue weighted by atomic mass is 31.2. The predicted molar refractivity (Wildman–Crippen MR) is 91.8 cm³/mol. The maximum atomic E-state index is 12.2. The molecule has 0 saturated carbocycles. The lowest BCUT2D eigenvalue weighted by Crippen LogP contribution is -2.40. The first-order valence-corrected chi connectivity index (χ1v) is 9.70. The summed E-state index contributed by atoms with van der Waals surface area (Å²) in [6, 6.07) is 0. The summed E-state index contributed by atoms with van der Waals surface area (Å²) in [5.74, 6) is 1.68. The molecule has 0 aromatic heterocycles. The molecule has 0 fully saturated rings. The van der Waals surface area contributed by atoms with Gasteiger partial charge < -0.3 is 18.7 Å². The molecule has 0 aliphatic rings. The normalized spacial score (nSPS) is 12.4. The molecule has 0 aliphatic carbocycles. The minimum Gasteiger partial charge on any atom is -0.452 e. The Morgan fingerprint density at radius 1 is 0.885 bits per heavy atom. The summed E-state index contributed by atoms with van der Waals surface area (Å²) in [7, 11) is -3.28. The smallest absolute Gasteiger partial charge is 0.337 e. The van der Waals surface area contributed by atoms with Gasteiger partial charge in [-0.2, -0.15) is 0 Å². The van der Waals surface area contributed by atoms with Gasteiger partial charge in [0, 0.05) is 13.3 Å². The SMILES string of the molecule is C#CCOC(=O)CC(C(=O)OCC#C)C(OP(C)(C)=O)C(=O)OCC#C. The van der Waals surface area contributed by atoms with Gasteiger partial charge >= 0.3 is 17.9 Å². The van der Waals surface area contributed by atoms with Crippen molar-refractivity contribution >= 4 is 25.3 Å². The van der Waals surface area contributed by atoms with E-state index >= 15 is 0 Å². The van der Waals surface area contributed by atoms with Crippen molar-refractivity contribution in [2.75, 3.05) is 33.2 Å². The fourth-order valence-corrected chi connectivity index (χ4v) is 2.42. The van der Waals surface area contributed by atoms with Crippen LogP contribution in [0, 0.1) is 42.9 Å². The Morgan fingerprint density at radius 3 is 1.81 bits per heavy atom. The van der Waals surface area contributed by atoms with Gasteiger partial charge in [0.25, 0.3) is 0 Å². The number of esters is 3. The molecular formula is C17H19O8P. The van der Waals surface area contributed by atoms with Crippen LogP contribution in [0.3, 0.4) is 0 Å². The molecule has 0 aromatic rings. The summed E-state index contributed by atoms with van der Waals surface area (Å²) in [5.41, 5.74) is 0. The van der Waals surface area contributed by atoms with Gasteiger partial charge in [-0.25, -0.2) is 4.79 Å². The summed E-state index contributed by atoms with van der Waals surface area (Å²) in [6.07, 6.45) is 12.7. The highest BCUT2D eigenvalue weighted by Crippen LogP contribution is 2.41. The fraction of sp³-hybridized carbons (Fsp3) is 0.471. The van der Waals surface area contributed by atoms with Crippen molar-refractivity contribution in [1.29, 1.82) is 0 Å². The van der Waals surface area contributed by atoms with Crippen molar-refractivity contribution in [2.45, 2.75) is 12.5 Å². The number of terminal acetylenes is 3. The Kier molecular flexibility index (Phi) is 10.5. The van der Waals surface area contributed by atoms with E-state index in [2.05, 4.69) is 22.5 Å². The molecule has 0 radical (unpaired) electrons. The van der Waals surface area contributed by atoms with E-state index < -0.39 is 56.9 Å². The molecule has 0 N–H and O–H groups in total. The maximum absolute atomic E-state index is 12.2. The Hall–Kier alpha value is -2.72. The van der Waals surface area contributed by atoms with Gasteiger partial charge in [0.05, 0.1) is 6.42 Å². The van der Waals surface area contributed by atoms with Crippen molar-refractivity contribution in [2.24, 2.45) is 5.92 Å².